The Morgan fingerprint density at radius 1 is 1.39 bits per heavy atom. The second-order valence-electron chi connectivity index (χ2n) is 4.05. The van der Waals surface area contributed by atoms with E-state index in [2.05, 4.69) is 5.32 Å². The van der Waals surface area contributed by atoms with Gasteiger partial charge < -0.3 is 10.4 Å². The molecule has 1 aromatic rings. The summed E-state index contributed by atoms with van der Waals surface area (Å²) in [4.78, 5) is 22.5. The summed E-state index contributed by atoms with van der Waals surface area (Å²) in [5.74, 6) is -2.65. The summed E-state index contributed by atoms with van der Waals surface area (Å²) in [6.45, 7) is 1.87. The van der Waals surface area contributed by atoms with E-state index in [1.54, 1.807) is 6.07 Å². The topological polar surface area (TPSA) is 66.4 Å². The number of anilines is 1. The molecule has 1 amide bonds. The number of carbonyl (C=O) groups excluding carboxylic acids is 1. The summed E-state index contributed by atoms with van der Waals surface area (Å²) in [5, 5.41) is 11.1. The molecule has 0 saturated carbocycles. The van der Waals surface area contributed by atoms with E-state index in [9.17, 15) is 14.0 Å². The molecule has 1 unspecified atom stereocenters. The third-order valence-corrected chi connectivity index (χ3v) is 2.56. The van der Waals surface area contributed by atoms with Crippen molar-refractivity contribution in [3.8, 4) is 0 Å². The summed E-state index contributed by atoms with van der Waals surface area (Å²) in [5.41, 5.74) is 0.0778. The molecule has 0 aliphatic heterocycles. The molecular weight excluding hydrogens is 237 g/mol. The minimum absolute atomic E-state index is 0.0778. The number of para-hydroxylation sites is 1. The first-order valence-corrected chi connectivity index (χ1v) is 5.81. The first-order valence-electron chi connectivity index (χ1n) is 5.81. The van der Waals surface area contributed by atoms with Gasteiger partial charge in [-0.15, -0.1) is 0 Å². The lowest BCUT2D eigenvalue weighted by atomic mass is 9.99. The maximum absolute atomic E-state index is 13.3. The zero-order valence-electron chi connectivity index (χ0n) is 10.1. The summed E-state index contributed by atoms with van der Waals surface area (Å²) >= 11 is 0. The fourth-order valence-corrected chi connectivity index (χ4v) is 1.68. The predicted molar refractivity (Wildman–Crippen MR) is 65.7 cm³/mol. The molecule has 2 N–H and O–H groups in total. The lowest BCUT2D eigenvalue weighted by Gasteiger charge is -2.14. The summed E-state index contributed by atoms with van der Waals surface area (Å²) in [6, 6.07) is 5.80. The van der Waals surface area contributed by atoms with Crippen molar-refractivity contribution >= 4 is 17.6 Å². The third-order valence-electron chi connectivity index (χ3n) is 2.56. The Kier molecular flexibility index (Phi) is 5.30. The van der Waals surface area contributed by atoms with E-state index in [1.165, 1.54) is 18.2 Å². The quantitative estimate of drug-likeness (QED) is 0.819. The number of hydrogen-bond acceptors (Lipinski definition) is 2. The Morgan fingerprint density at radius 3 is 2.61 bits per heavy atom. The van der Waals surface area contributed by atoms with Crippen molar-refractivity contribution in [2.24, 2.45) is 5.92 Å². The van der Waals surface area contributed by atoms with Crippen LogP contribution in [0.3, 0.4) is 0 Å². The van der Waals surface area contributed by atoms with Crippen molar-refractivity contribution < 1.29 is 19.1 Å². The molecule has 0 aliphatic rings. The zero-order valence-corrected chi connectivity index (χ0v) is 10.1. The fraction of sp³-hybridized carbons (Fsp3) is 0.385. The molecule has 4 nitrogen and oxygen atoms in total. The minimum Gasteiger partial charge on any atom is -0.481 e. The molecule has 1 rings (SSSR count). The monoisotopic (exact) mass is 253 g/mol. The number of amides is 1. The molecule has 0 aromatic heterocycles. The molecule has 0 saturated heterocycles. The number of halogens is 1. The van der Waals surface area contributed by atoms with Crippen molar-refractivity contribution in [1.29, 1.82) is 0 Å². The van der Waals surface area contributed by atoms with E-state index in [1.807, 2.05) is 6.92 Å². The normalized spacial score (nSPS) is 11.9. The molecule has 5 heteroatoms. The number of nitrogens with one attached hydrogen (secondary N) is 1. The van der Waals surface area contributed by atoms with Crippen LogP contribution < -0.4 is 5.32 Å². The molecule has 1 atom stereocenters. The van der Waals surface area contributed by atoms with Crippen LogP contribution in [0.2, 0.25) is 0 Å². The van der Waals surface area contributed by atoms with Crippen LogP contribution >= 0.6 is 0 Å². The summed E-state index contributed by atoms with van der Waals surface area (Å²) < 4.78 is 13.3. The second kappa shape index (κ2) is 6.74. The highest BCUT2D eigenvalue weighted by Crippen LogP contribution is 2.17. The van der Waals surface area contributed by atoms with Gasteiger partial charge in [0.05, 0.1) is 12.1 Å². The average Bonchev–Trinajstić information content (AvgIpc) is 2.31. The molecule has 0 fully saturated rings. The molecule has 98 valence electrons. The van der Waals surface area contributed by atoms with E-state index in [-0.39, 0.29) is 12.1 Å². The van der Waals surface area contributed by atoms with E-state index < -0.39 is 23.6 Å². The number of rotatable bonds is 6. The van der Waals surface area contributed by atoms with Gasteiger partial charge in [-0.3, -0.25) is 9.59 Å². The van der Waals surface area contributed by atoms with Gasteiger partial charge in [0, 0.05) is 5.92 Å². The second-order valence-corrected chi connectivity index (χ2v) is 4.05. The van der Waals surface area contributed by atoms with Gasteiger partial charge in [-0.25, -0.2) is 4.39 Å². The van der Waals surface area contributed by atoms with Crippen molar-refractivity contribution in [3.05, 3.63) is 30.1 Å². The van der Waals surface area contributed by atoms with Gasteiger partial charge in [0.1, 0.15) is 5.82 Å². The predicted octanol–water partition coefficient (Wildman–Crippen LogP) is 2.66. The molecule has 0 bridgehead atoms. The fourth-order valence-electron chi connectivity index (χ4n) is 1.68. The van der Waals surface area contributed by atoms with Crippen molar-refractivity contribution in [2.45, 2.75) is 26.2 Å². The molecular formula is C13H16FNO3. The molecule has 18 heavy (non-hydrogen) atoms. The van der Waals surface area contributed by atoms with Crippen LogP contribution in [-0.2, 0) is 9.59 Å². The van der Waals surface area contributed by atoms with Gasteiger partial charge in [-0.2, -0.15) is 0 Å². The average molecular weight is 253 g/mol. The zero-order chi connectivity index (χ0) is 13.5. The van der Waals surface area contributed by atoms with Crippen LogP contribution in [0, 0.1) is 11.7 Å². The number of carboxylic acid groups (broad SMARTS) is 1. The highest BCUT2D eigenvalue weighted by Gasteiger charge is 2.21. The maximum Gasteiger partial charge on any atom is 0.304 e. The Bertz CT molecular complexity index is 434. The molecule has 0 aliphatic carbocycles. The van der Waals surface area contributed by atoms with Crippen molar-refractivity contribution in [1.82, 2.24) is 0 Å². The van der Waals surface area contributed by atoms with Crippen LogP contribution in [0.25, 0.3) is 0 Å². The number of hydrogen-bond donors (Lipinski definition) is 2. The summed E-state index contributed by atoms with van der Waals surface area (Å²) in [7, 11) is 0. The van der Waals surface area contributed by atoms with Gasteiger partial charge in [0.15, 0.2) is 0 Å². The van der Waals surface area contributed by atoms with Crippen molar-refractivity contribution in [2.75, 3.05) is 5.32 Å². The van der Waals surface area contributed by atoms with Crippen LogP contribution in [0.15, 0.2) is 24.3 Å². The van der Waals surface area contributed by atoms with Gasteiger partial charge in [-0.1, -0.05) is 25.5 Å². The Morgan fingerprint density at radius 2 is 2.06 bits per heavy atom. The number of benzene rings is 1. The summed E-state index contributed by atoms with van der Waals surface area (Å²) in [6.07, 6.45) is 0.920. The largest absolute Gasteiger partial charge is 0.481 e. The number of carbonyl (C=O) groups is 2. The number of carboxylic acids is 1. The lowest BCUT2D eigenvalue weighted by molar-refractivity contribution is -0.140. The smallest absolute Gasteiger partial charge is 0.304 e. The van der Waals surface area contributed by atoms with E-state index in [0.717, 1.165) is 0 Å². The lowest BCUT2D eigenvalue weighted by Crippen LogP contribution is -2.25. The van der Waals surface area contributed by atoms with E-state index >= 15 is 0 Å². The van der Waals surface area contributed by atoms with Crippen LogP contribution in [0.5, 0.6) is 0 Å². The SMILES string of the molecule is CCCC(CC(=O)O)C(=O)Nc1ccccc1F. The first kappa shape index (κ1) is 14.2. The highest BCUT2D eigenvalue weighted by molar-refractivity contribution is 5.94. The highest BCUT2D eigenvalue weighted by atomic mass is 19.1. The van der Waals surface area contributed by atoms with Crippen LogP contribution in [0.4, 0.5) is 10.1 Å². The standard InChI is InChI=1S/C13H16FNO3/c1-2-5-9(8-12(16)17)13(18)15-11-7-4-3-6-10(11)14/h3-4,6-7,9H,2,5,8H2,1H3,(H,15,18)(H,16,17). The van der Waals surface area contributed by atoms with Crippen LogP contribution in [-0.4, -0.2) is 17.0 Å². The Labute approximate surface area is 105 Å². The minimum atomic E-state index is -1.03. The molecule has 0 spiro atoms. The van der Waals surface area contributed by atoms with Crippen molar-refractivity contribution in [3.63, 3.8) is 0 Å². The molecule has 0 heterocycles. The van der Waals surface area contributed by atoms with E-state index in [0.29, 0.717) is 12.8 Å². The van der Waals surface area contributed by atoms with Gasteiger partial charge in [0.25, 0.3) is 0 Å². The Balaban J connectivity index is 2.72. The van der Waals surface area contributed by atoms with E-state index in [4.69, 9.17) is 5.11 Å². The van der Waals surface area contributed by atoms with Gasteiger partial charge >= 0.3 is 5.97 Å². The van der Waals surface area contributed by atoms with Gasteiger partial charge in [0.2, 0.25) is 5.91 Å². The third kappa shape index (κ3) is 4.16. The Hall–Kier alpha value is -1.91. The maximum atomic E-state index is 13.3. The van der Waals surface area contributed by atoms with Gasteiger partial charge in [-0.05, 0) is 18.6 Å². The first-order chi connectivity index (χ1) is 8.54. The molecule has 0 radical (unpaired) electrons. The number of aliphatic carboxylic acids is 1. The molecule has 1 aromatic carbocycles. The van der Waals surface area contributed by atoms with Crippen LogP contribution in [0.1, 0.15) is 26.2 Å².